The molecule has 1 aromatic rings. The number of hydrogen-bond donors (Lipinski definition) is 2. The van der Waals surface area contributed by atoms with Crippen molar-refractivity contribution in [2.24, 2.45) is 17.8 Å². The number of phenols is 1. The van der Waals surface area contributed by atoms with E-state index >= 15 is 0 Å². The molecule has 200 valence electrons. The number of aliphatic carboxylic acids is 1. The van der Waals surface area contributed by atoms with Crippen molar-refractivity contribution in [2.75, 3.05) is 13.2 Å². The average Bonchev–Trinajstić information content (AvgIpc) is 3.38. The van der Waals surface area contributed by atoms with Gasteiger partial charge < -0.3 is 14.9 Å². The third-order valence-corrected chi connectivity index (χ3v) is 8.48. The smallest absolute Gasteiger partial charge is 0.303 e. The van der Waals surface area contributed by atoms with Crippen molar-refractivity contribution in [3.8, 4) is 5.75 Å². The highest BCUT2D eigenvalue weighted by atomic mass is 79.9. The standard InChI is InChI=1S/C29H36BrNO6/c1-3-18-15-21-27(29(36)31(28(21)35)12-6-4-5-7-25(33)34)22-16-37-24(26(18)22)11-8-17(2)13-19-14-20(30)9-10-23(19)32/h9-10,13-14,21-22,24,27,32H,3-8,11-12,15-16H2,1-2H3,(H,33,34)/b17-13+/t21-,22+,24-,27-/m1/s1. The summed E-state index contributed by atoms with van der Waals surface area (Å²) in [5, 5.41) is 19.0. The average molecular weight is 575 g/mol. The molecule has 1 aliphatic carbocycles. The fourth-order valence-electron chi connectivity index (χ4n) is 6.16. The summed E-state index contributed by atoms with van der Waals surface area (Å²) in [5.41, 5.74) is 4.38. The maximum Gasteiger partial charge on any atom is 0.303 e. The summed E-state index contributed by atoms with van der Waals surface area (Å²) < 4.78 is 7.17. The number of carboxylic acids is 1. The fourth-order valence-corrected chi connectivity index (χ4v) is 6.54. The van der Waals surface area contributed by atoms with Gasteiger partial charge >= 0.3 is 5.97 Å². The second kappa shape index (κ2) is 11.9. The van der Waals surface area contributed by atoms with Gasteiger partial charge in [0, 0.05) is 28.9 Å². The molecule has 7 nitrogen and oxygen atoms in total. The van der Waals surface area contributed by atoms with Gasteiger partial charge in [-0.05, 0) is 69.2 Å². The van der Waals surface area contributed by atoms with Crippen LogP contribution in [0.4, 0.5) is 0 Å². The molecule has 1 aromatic carbocycles. The molecule has 2 N–H and O–H groups in total. The minimum absolute atomic E-state index is 0.0504. The van der Waals surface area contributed by atoms with E-state index in [4.69, 9.17) is 9.84 Å². The number of halogens is 1. The number of amides is 2. The predicted octanol–water partition coefficient (Wildman–Crippen LogP) is 5.71. The zero-order valence-corrected chi connectivity index (χ0v) is 23.1. The van der Waals surface area contributed by atoms with Crippen molar-refractivity contribution < 1.29 is 29.3 Å². The fraction of sp³-hybridized carbons (Fsp3) is 0.552. The Bertz CT molecular complexity index is 1130. The van der Waals surface area contributed by atoms with Crippen molar-refractivity contribution in [2.45, 2.75) is 71.3 Å². The molecule has 0 saturated carbocycles. The van der Waals surface area contributed by atoms with Crippen molar-refractivity contribution >= 4 is 39.8 Å². The summed E-state index contributed by atoms with van der Waals surface area (Å²) in [4.78, 5) is 38.8. The highest BCUT2D eigenvalue weighted by molar-refractivity contribution is 9.10. The van der Waals surface area contributed by atoms with Crippen LogP contribution in [0.25, 0.3) is 6.08 Å². The number of allylic oxidation sites excluding steroid dienone is 2. The number of carboxylic acid groups (broad SMARTS) is 1. The molecule has 2 heterocycles. The Kier molecular flexibility index (Phi) is 8.90. The Morgan fingerprint density at radius 1 is 1.16 bits per heavy atom. The number of likely N-dealkylation sites (tertiary alicyclic amines) is 1. The van der Waals surface area contributed by atoms with Gasteiger partial charge in [-0.1, -0.05) is 46.5 Å². The third kappa shape index (κ3) is 6.01. The van der Waals surface area contributed by atoms with Crippen molar-refractivity contribution in [1.82, 2.24) is 4.90 Å². The number of carbonyl (C=O) groups excluding carboxylic acids is 2. The van der Waals surface area contributed by atoms with Crippen LogP contribution in [0.2, 0.25) is 0 Å². The molecule has 2 aliphatic heterocycles. The minimum atomic E-state index is -0.821. The lowest BCUT2D eigenvalue weighted by atomic mass is 9.69. The molecule has 0 radical (unpaired) electrons. The van der Waals surface area contributed by atoms with Gasteiger partial charge in [-0.15, -0.1) is 0 Å². The number of imide groups is 1. The Morgan fingerprint density at radius 2 is 1.95 bits per heavy atom. The molecule has 2 amide bonds. The zero-order valence-electron chi connectivity index (χ0n) is 21.5. The maximum atomic E-state index is 13.4. The number of unbranched alkanes of at least 4 members (excludes halogenated alkanes) is 2. The predicted molar refractivity (Wildman–Crippen MR) is 144 cm³/mol. The van der Waals surface area contributed by atoms with Gasteiger partial charge in [-0.25, -0.2) is 0 Å². The highest BCUT2D eigenvalue weighted by Gasteiger charge is 2.56. The van der Waals surface area contributed by atoms with Crippen LogP contribution in [0.5, 0.6) is 5.75 Å². The summed E-state index contributed by atoms with van der Waals surface area (Å²) in [5.74, 6) is -1.45. The van der Waals surface area contributed by atoms with E-state index in [-0.39, 0.29) is 47.8 Å². The molecule has 3 aliphatic rings. The minimum Gasteiger partial charge on any atom is -0.507 e. The van der Waals surface area contributed by atoms with E-state index in [9.17, 15) is 19.5 Å². The third-order valence-electron chi connectivity index (χ3n) is 7.99. The molecule has 0 spiro atoms. The number of fused-ring (bicyclic) bond motifs is 3. The Labute approximate surface area is 226 Å². The van der Waals surface area contributed by atoms with Crippen LogP contribution in [0, 0.1) is 17.8 Å². The molecule has 8 heteroatoms. The van der Waals surface area contributed by atoms with E-state index in [1.165, 1.54) is 16.0 Å². The number of benzene rings is 1. The number of phenolic OH excluding ortho intramolecular Hbond substituents is 1. The Morgan fingerprint density at radius 3 is 2.68 bits per heavy atom. The summed E-state index contributed by atoms with van der Waals surface area (Å²) in [6, 6.07) is 5.36. The van der Waals surface area contributed by atoms with Gasteiger partial charge in [-0.3, -0.25) is 19.3 Å². The van der Waals surface area contributed by atoms with Crippen molar-refractivity contribution in [1.29, 1.82) is 0 Å². The van der Waals surface area contributed by atoms with E-state index in [0.717, 1.165) is 34.9 Å². The van der Waals surface area contributed by atoms with Gasteiger partial charge in [0.25, 0.3) is 0 Å². The van der Waals surface area contributed by atoms with Crippen LogP contribution in [0.1, 0.15) is 70.8 Å². The summed E-state index contributed by atoms with van der Waals surface area (Å²) in [7, 11) is 0. The monoisotopic (exact) mass is 573 g/mol. The lowest BCUT2D eigenvalue weighted by Gasteiger charge is -2.31. The second-order valence-electron chi connectivity index (χ2n) is 10.4. The number of ether oxygens (including phenoxy) is 1. The number of nitrogens with zero attached hydrogens (tertiary/aromatic N) is 1. The van der Waals surface area contributed by atoms with Crippen molar-refractivity contribution in [3.63, 3.8) is 0 Å². The van der Waals surface area contributed by atoms with Gasteiger partial charge in [0.1, 0.15) is 5.75 Å². The first-order valence-electron chi connectivity index (χ1n) is 13.3. The lowest BCUT2D eigenvalue weighted by molar-refractivity contribution is -0.141. The van der Waals surface area contributed by atoms with Gasteiger partial charge in [0.05, 0.1) is 24.5 Å². The lowest BCUT2D eigenvalue weighted by Crippen LogP contribution is -2.34. The molecule has 2 saturated heterocycles. The number of hydrogen-bond acceptors (Lipinski definition) is 5. The Hall–Kier alpha value is -2.45. The Balaban J connectivity index is 1.42. The molecule has 37 heavy (non-hydrogen) atoms. The van der Waals surface area contributed by atoms with Gasteiger partial charge in [-0.2, -0.15) is 0 Å². The first kappa shape index (κ1) is 27.6. The molecule has 0 bridgehead atoms. The SMILES string of the molecule is CCC1=C2[C@@H](CC/C(C)=C/c3cc(Br)ccc3O)OC[C@@H]2[C@@H]2C(=O)N(CCCCCC(=O)O)C(=O)[C@@H]2C1. The number of aromatic hydroxyl groups is 1. The molecule has 0 aromatic heterocycles. The van der Waals surface area contributed by atoms with Crippen LogP contribution in [-0.2, 0) is 19.1 Å². The van der Waals surface area contributed by atoms with E-state index < -0.39 is 5.97 Å². The number of rotatable bonds is 11. The number of carbonyl (C=O) groups is 3. The van der Waals surface area contributed by atoms with Crippen LogP contribution in [-0.4, -0.2) is 52.2 Å². The van der Waals surface area contributed by atoms with E-state index in [1.807, 2.05) is 19.1 Å². The first-order valence-corrected chi connectivity index (χ1v) is 14.1. The van der Waals surface area contributed by atoms with E-state index in [1.54, 1.807) is 12.1 Å². The molecular weight excluding hydrogens is 538 g/mol. The van der Waals surface area contributed by atoms with Crippen molar-refractivity contribution in [3.05, 3.63) is 45.0 Å². The van der Waals surface area contributed by atoms with Gasteiger partial charge in [0.2, 0.25) is 11.8 Å². The van der Waals surface area contributed by atoms with Crippen LogP contribution in [0.15, 0.2) is 39.4 Å². The largest absolute Gasteiger partial charge is 0.507 e. The molecular formula is C29H36BrNO6. The maximum absolute atomic E-state index is 13.4. The second-order valence-corrected chi connectivity index (χ2v) is 11.4. The van der Waals surface area contributed by atoms with Crippen LogP contribution < -0.4 is 0 Å². The molecule has 0 unspecified atom stereocenters. The quantitative estimate of drug-likeness (QED) is 0.199. The van der Waals surface area contributed by atoms with E-state index in [2.05, 4.69) is 22.9 Å². The summed E-state index contributed by atoms with van der Waals surface area (Å²) >= 11 is 3.45. The highest BCUT2D eigenvalue weighted by Crippen LogP contribution is 2.50. The zero-order chi connectivity index (χ0) is 26.7. The van der Waals surface area contributed by atoms with Crippen LogP contribution in [0.3, 0.4) is 0 Å². The van der Waals surface area contributed by atoms with E-state index in [0.29, 0.717) is 38.8 Å². The first-order chi connectivity index (χ1) is 17.7. The van der Waals surface area contributed by atoms with Crippen LogP contribution >= 0.6 is 15.9 Å². The normalized spacial score (nSPS) is 25.6. The van der Waals surface area contributed by atoms with Gasteiger partial charge in [0.15, 0.2) is 0 Å². The molecule has 4 atom stereocenters. The summed E-state index contributed by atoms with van der Waals surface area (Å²) in [6.45, 7) is 4.99. The topological polar surface area (TPSA) is 104 Å². The summed E-state index contributed by atoms with van der Waals surface area (Å²) in [6.07, 6.45) is 6.96. The molecule has 4 rings (SSSR count). The molecule has 2 fully saturated rings.